The summed E-state index contributed by atoms with van der Waals surface area (Å²) >= 11 is 0. The molecule has 1 saturated heterocycles. The van der Waals surface area contributed by atoms with E-state index in [2.05, 4.69) is 29.0 Å². The second-order valence-electron chi connectivity index (χ2n) is 8.74. The van der Waals surface area contributed by atoms with Crippen LogP contribution in [-0.2, 0) is 17.6 Å². The van der Waals surface area contributed by atoms with Crippen molar-refractivity contribution in [2.45, 2.75) is 52.0 Å². The van der Waals surface area contributed by atoms with E-state index >= 15 is 0 Å². The number of nitrogens with one attached hydrogen (secondary N) is 1. The molecule has 0 bridgehead atoms. The molecule has 1 aliphatic heterocycles. The lowest BCUT2D eigenvalue weighted by molar-refractivity contribution is -0.121. The lowest BCUT2D eigenvalue weighted by Gasteiger charge is -2.36. The Labute approximate surface area is 165 Å². The van der Waals surface area contributed by atoms with E-state index in [4.69, 9.17) is 4.98 Å². The first-order chi connectivity index (χ1) is 13.4. The minimum absolute atomic E-state index is 0.0421. The third-order valence-electron chi connectivity index (χ3n) is 5.64. The van der Waals surface area contributed by atoms with Crippen LogP contribution in [0.15, 0.2) is 30.5 Å². The highest BCUT2D eigenvalue weighted by Crippen LogP contribution is 2.40. The number of halogens is 1. The fourth-order valence-corrected chi connectivity index (χ4v) is 4.31. The van der Waals surface area contributed by atoms with Gasteiger partial charge < -0.3 is 10.2 Å². The number of hydrogen-bond donors (Lipinski definition) is 1. The highest BCUT2D eigenvalue weighted by molar-refractivity contribution is 5.79. The van der Waals surface area contributed by atoms with Gasteiger partial charge in [0.25, 0.3) is 0 Å². The summed E-state index contributed by atoms with van der Waals surface area (Å²) in [5, 5.41) is 3.13. The van der Waals surface area contributed by atoms with Gasteiger partial charge in [0, 0.05) is 24.8 Å². The maximum Gasteiger partial charge on any atom is 0.225 e. The zero-order valence-corrected chi connectivity index (χ0v) is 16.5. The third kappa shape index (κ3) is 4.16. The molecule has 6 heteroatoms. The Kier molecular flexibility index (Phi) is 5.04. The van der Waals surface area contributed by atoms with Crippen molar-refractivity contribution in [1.29, 1.82) is 0 Å². The van der Waals surface area contributed by atoms with E-state index in [1.54, 1.807) is 12.1 Å². The monoisotopic (exact) mass is 382 g/mol. The Bertz CT molecular complexity index is 877. The van der Waals surface area contributed by atoms with Crippen molar-refractivity contribution in [3.8, 4) is 0 Å². The van der Waals surface area contributed by atoms with E-state index < -0.39 is 0 Å². The largest absolute Gasteiger partial charge is 0.349 e. The molecule has 28 heavy (non-hydrogen) atoms. The number of aromatic nitrogens is 2. The molecule has 2 aromatic rings. The van der Waals surface area contributed by atoms with Crippen LogP contribution in [0.25, 0.3) is 0 Å². The number of amides is 1. The summed E-state index contributed by atoms with van der Waals surface area (Å²) in [6.07, 6.45) is 6.13. The second kappa shape index (κ2) is 7.49. The van der Waals surface area contributed by atoms with Crippen molar-refractivity contribution in [3.63, 3.8) is 0 Å². The summed E-state index contributed by atoms with van der Waals surface area (Å²) in [7, 11) is 0. The maximum atomic E-state index is 13.4. The molecule has 0 radical (unpaired) electrons. The van der Waals surface area contributed by atoms with Gasteiger partial charge in [-0.3, -0.25) is 4.79 Å². The van der Waals surface area contributed by atoms with Crippen LogP contribution >= 0.6 is 0 Å². The molecular formula is C22H27FN4O. The van der Waals surface area contributed by atoms with Gasteiger partial charge in [-0.05, 0) is 48.8 Å². The summed E-state index contributed by atoms with van der Waals surface area (Å²) < 4.78 is 13.4. The predicted molar refractivity (Wildman–Crippen MR) is 107 cm³/mol. The summed E-state index contributed by atoms with van der Waals surface area (Å²) in [5.41, 5.74) is 2.76. The van der Waals surface area contributed by atoms with Crippen LogP contribution in [0.2, 0.25) is 0 Å². The van der Waals surface area contributed by atoms with Crippen molar-refractivity contribution in [3.05, 3.63) is 53.1 Å². The van der Waals surface area contributed by atoms with Gasteiger partial charge in [0.2, 0.25) is 11.9 Å². The van der Waals surface area contributed by atoms with E-state index in [1.807, 2.05) is 6.20 Å². The van der Waals surface area contributed by atoms with Crippen LogP contribution in [0.5, 0.6) is 0 Å². The van der Waals surface area contributed by atoms with Gasteiger partial charge in [-0.15, -0.1) is 0 Å². The number of benzene rings is 1. The van der Waals surface area contributed by atoms with Crippen LogP contribution in [0.3, 0.4) is 0 Å². The van der Waals surface area contributed by atoms with Gasteiger partial charge in [0.15, 0.2) is 0 Å². The van der Waals surface area contributed by atoms with E-state index in [9.17, 15) is 9.18 Å². The first kappa shape index (κ1) is 18.8. The Morgan fingerprint density at radius 3 is 2.86 bits per heavy atom. The normalized spacial score (nSPS) is 20.7. The van der Waals surface area contributed by atoms with E-state index in [0.717, 1.165) is 43.1 Å². The average Bonchev–Trinajstić information content (AvgIpc) is 3.14. The predicted octanol–water partition coefficient (Wildman–Crippen LogP) is 3.59. The smallest absolute Gasteiger partial charge is 0.225 e. The molecule has 2 heterocycles. The average molecular weight is 382 g/mol. The van der Waals surface area contributed by atoms with Crippen LogP contribution in [-0.4, -0.2) is 29.0 Å². The van der Waals surface area contributed by atoms with Crippen molar-refractivity contribution in [2.75, 3.05) is 18.0 Å². The van der Waals surface area contributed by atoms with Crippen molar-refractivity contribution >= 4 is 11.9 Å². The topological polar surface area (TPSA) is 58.1 Å². The molecule has 0 saturated carbocycles. The van der Waals surface area contributed by atoms with Crippen LogP contribution in [0, 0.1) is 11.2 Å². The number of fused-ring (bicyclic) bond motifs is 1. The molecule has 1 fully saturated rings. The summed E-state index contributed by atoms with van der Waals surface area (Å²) in [5.74, 6) is 0.374. The van der Waals surface area contributed by atoms with E-state index in [-0.39, 0.29) is 29.6 Å². The van der Waals surface area contributed by atoms with E-state index in [0.29, 0.717) is 5.56 Å². The zero-order valence-electron chi connectivity index (χ0n) is 16.5. The quantitative estimate of drug-likeness (QED) is 0.878. The summed E-state index contributed by atoms with van der Waals surface area (Å²) in [4.78, 5) is 24.3. The lowest BCUT2D eigenvalue weighted by Crippen LogP contribution is -2.38. The molecule has 1 N–H and O–H groups in total. The van der Waals surface area contributed by atoms with Gasteiger partial charge in [-0.2, -0.15) is 0 Å². The van der Waals surface area contributed by atoms with Crippen molar-refractivity contribution < 1.29 is 9.18 Å². The minimum Gasteiger partial charge on any atom is -0.349 e. The lowest BCUT2D eigenvalue weighted by atomic mass is 9.74. The van der Waals surface area contributed by atoms with Crippen LogP contribution < -0.4 is 10.2 Å². The zero-order chi connectivity index (χ0) is 19.7. The second-order valence-corrected chi connectivity index (χ2v) is 8.74. The number of hydrogen-bond acceptors (Lipinski definition) is 4. The number of carbonyl (C=O) groups is 1. The number of anilines is 1. The molecule has 0 unspecified atom stereocenters. The minimum atomic E-state index is -0.322. The SMILES string of the molecule is CC1(C)Cc2nc(N3CCCC3)ncc2[C@H](NC(=O)Cc2cccc(F)c2)C1. The standard InChI is InChI=1S/C22H27FN4O/c1-22(2)12-18(25-20(28)11-15-6-5-7-16(23)10-15)17-14-24-21(26-19(17)13-22)27-8-3-4-9-27/h5-7,10,14,18H,3-4,8-9,11-13H2,1-2H3,(H,25,28)/t18-/m1/s1. The number of rotatable bonds is 4. The Hall–Kier alpha value is -2.50. The first-order valence-electron chi connectivity index (χ1n) is 10.0. The number of carbonyl (C=O) groups excluding carboxylic acids is 1. The molecule has 5 nitrogen and oxygen atoms in total. The molecule has 1 atom stereocenters. The molecule has 1 aromatic heterocycles. The van der Waals surface area contributed by atoms with Crippen LogP contribution in [0.4, 0.5) is 10.3 Å². The third-order valence-corrected chi connectivity index (χ3v) is 5.64. The molecule has 2 aliphatic rings. The summed E-state index contributed by atoms with van der Waals surface area (Å²) in [6.45, 7) is 6.44. The molecule has 1 aromatic carbocycles. The Balaban J connectivity index is 1.53. The van der Waals surface area contributed by atoms with Crippen molar-refractivity contribution in [2.24, 2.45) is 5.41 Å². The first-order valence-corrected chi connectivity index (χ1v) is 10.0. The number of nitrogens with zero attached hydrogens (tertiary/aromatic N) is 3. The van der Waals surface area contributed by atoms with Crippen LogP contribution in [0.1, 0.15) is 56.0 Å². The summed E-state index contributed by atoms with van der Waals surface area (Å²) in [6, 6.07) is 6.07. The highest BCUT2D eigenvalue weighted by atomic mass is 19.1. The highest BCUT2D eigenvalue weighted by Gasteiger charge is 2.35. The Morgan fingerprint density at radius 2 is 2.11 bits per heavy atom. The van der Waals surface area contributed by atoms with Gasteiger partial charge in [0.1, 0.15) is 5.82 Å². The molecule has 1 aliphatic carbocycles. The van der Waals surface area contributed by atoms with Gasteiger partial charge in [-0.1, -0.05) is 26.0 Å². The molecular weight excluding hydrogens is 355 g/mol. The van der Waals surface area contributed by atoms with Gasteiger partial charge in [0.05, 0.1) is 18.2 Å². The fraction of sp³-hybridized carbons (Fsp3) is 0.500. The molecule has 0 spiro atoms. The molecule has 4 rings (SSSR count). The molecule has 148 valence electrons. The maximum absolute atomic E-state index is 13.4. The fourth-order valence-electron chi connectivity index (χ4n) is 4.31. The molecule has 1 amide bonds. The van der Waals surface area contributed by atoms with Crippen molar-refractivity contribution in [1.82, 2.24) is 15.3 Å². The van der Waals surface area contributed by atoms with Gasteiger partial charge >= 0.3 is 0 Å². The van der Waals surface area contributed by atoms with E-state index in [1.165, 1.54) is 25.0 Å². The Morgan fingerprint density at radius 1 is 1.32 bits per heavy atom. The van der Waals surface area contributed by atoms with Gasteiger partial charge in [-0.25, -0.2) is 14.4 Å².